The van der Waals surface area contributed by atoms with Crippen molar-refractivity contribution in [3.05, 3.63) is 0 Å². The summed E-state index contributed by atoms with van der Waals surface area (Å²) in [6, 6.07) is 0. The molecule has 0 aromatic carbocycles. The van der Waals surface area contributed by atoms with Crippen molar-refractivity contribution < 1.29 is 9.90 Å². The van der Waals surface area contributed by atoms with Gasteiger partial charge in [0.05, 0.1) is 0 Å². The van der Waals surface area contributed by atoms with Gasteiger partial charge < -0.3 is 5.11 Å². The van der Waals surface area contributed by atoms with Crippen LogP contribution in [-0.2, 0) is 4.79 Å². The molecule has 0 heterocycles. The van der Waals surface area contributed by atoms with Crippen LogP contribution in [0.25, 0.3) is 0 Å². The van der Waals surface area contributed by atoms with Gasteiger partial charge in [-0.25, -0.2) is 0 Å². The minimum absolute atomic E-state index is 0.0440. The number of carbonyl (C=O) groups is 1. The van der Waals surface area contributed by atoms with Gasteiger partial charge in [0.2, 0.25) is 0 Å². The molecule has 2 aliphatic carbocycles. The van der Waals surface area contributed by atoms with Crippen molar-refractivity contribution in [1.29, 1.82) is 0 Å². The number of Topliss-reactive ketones (excluding diaryl/α,β-unsaturated/α-hetero) is 1. The quantitative estimate of drug-likeness (QED) is 0.568. The number of fused-ring (bicyclic) bond motifs is 1. The lowest BCUT2D eigenvalue weighted by atomic mass is 9.60. The molecule has 2 fully saturated rings. The van der Waals surface area contributed by atoms with E-state index in [1.54, 1.807) is 6.92 Å². The predicted octanol–water partition coefficient (Wildman–Crippen LogP) is 1.13. The van der Waals surface area contributed by atoms with Crippen LogP contribution in [-0.4, -0.2) is 16.5 Å². The highest BCUT2D eigenvalue weighted by Crippen LogP contribution is 2.59. The first-order chi connectivity index (χ1) is 4.97. The second-order valence-electron chi connectivity index (χ2n) is 4.49. The summed E-state index contributed by atoms with van der Waals surface area (Å²) in [5, 5.41) is 9.77. The fraction of sp³-hybridized carbons (Fsp3) is 0.889. The van der Waals surface area contributed by atoms with Gasteiger partial charge in [-0.1, -0.05) is 6.92 Å². The first kappa shape index (κ1) is 7.29. The summed E-state index contributed by atoms with van der Waals surface area (Å²) in [7, 11) is 0. The first-order valence-electron chi connectivity index (χ1n) is 4.22. The summed E-state index contributed by atoms with van der Waals surface area (Å²) in [5.74, 6) is 0.282. The Hall–Kier alpha value is -0.370. The van der Waals surface area contributed by atoms with Crippen LogP contribution in [0.3, 0.4) is 0 Å². The standard InChI is InChI=1S/C9H14O2/c1-8-4-3-6(8)9(2,11)7(10)5-8/h6,11H,3-5H2,1-2H3/t6-,8-,9-/m1/s1. The molecular weight excluding hydrogens is 140 g/mol. The van der Waals surface area contributed by atoms with E-state index in [0.717, 1.165) is 12.8 Å². The molecular formula is C9H14O2. The lowest BCUT2D eigenvalue weighted by molar-refractivity contribution is -0.137. The number of hydrogen-bond donors (Lipinski definition) is 1. The minimum Gasteiger partial charge on any atom is -0.382 e. The maximum absolute atomic E-state index is 11.3. The number of hydrogen-bond acceptors (Lipinski definition) is 2. The van der Waals surface area contributed by atoms with Gasteiger partial charge in [0.1, 0.15) is 5.60 Å². The number of carbonyl (C=O) groups excluding carboxylic acids is 1. The van der Waals surface area contributed by atoms with E-state index in [9.17, 15) is 9.90 Å². The van der Waals surface area contributed by atoms with Gasteiger partial charge in [0.15, 0.2) is 5.78 Å². The van der Waals surface area contributed by atoms with Gasteiger partial charge in [0, 0.05) is 12.3 Å². The smallest absolute Gasteiger partial charge is 0.164 e. The van der Waals surface area contributed by atoms with Gasteiger partial charge in [0.25, 0.3) is 0 Å². The predicted molar refractivity (Wildman–Crippen MR) is 41.1 cm³/mol. The van der Waals surface area contributed by atoms with E-state index in [2.05, 4.69) is 6.92 Å². The highest BCUT2D eigenvalue weighted by atomic mass is 16.3. The number of ketones is 1. The van der Waals surface area contributed by atoms with Crippen LogP contribution in [0.15, 0.2) is 0 Å². The van der Waals surface area contributed by atoms with Crippen molar-refractivity contribution in [1.82, 2.24) is 0 Å². The van der Waals surface area contributed by atoms with Crippen LogP contribution in [0.4, 0.5) is 0 Å². The summed E-state index contributed by atoms with van der Waals surface area (Å²) in [5.41, 5.74) is -0.867. The fourth-order valence-corrected chi connectivity index (χ4v) is 2.69. The topological polar surface area (TPSA) is 37.3 Å². The third-order valence-corrected chi connectivity index (χ3v) is 3.65. The number of rotatable bonds is 0. The third kappa shape index (κ3) is 0.684. The Labute approximate surface area is 66.6 Å². The second-order valence-corrected chi connectivity index (χ2v) is 4.49. The average molecular weight is 154 g/mol. The summed E-state index contributed by atoms with van der Waals surface area (Å²) in [6.07, 6.45) is 2.72. The van der Waals surface area contributed by atoms with Crippen molar-refractivity contribution in [2.45, 2.75) is 38.7 Å². The summed E-state index contributed by atoms with van der Waals surface area (Å²) in [6.45, 7) is 3.78. The first-order valence-corrected chi connectivity index (χ1v) is 4.22. The maximum Gasteiger partial charge on any atom is 0.164 e. The van der Waals surface area contributed by atoms with E-state index in [1.165, 1.54) is 0 Å². The van der Waals surface area contributed by atoms with Crippen LogP contribution < -0.4 is 0 Å². The van der Waals surface area contributed by atoms with E-state index < -0.39 is 5.60 Å². The zero-order chi connectivity index (χ0) is 8.28. The molecule has 11 heavy (non-hydrogen) atoms. The highest BCUT2D eigenvalue weighted by Gasteiger charge is 2.61. The van der Waals surface area contributed by atoms with Gasteiger partial charge >= 0.3 is 0 Å². The molecule has 3 atom stereocenters. The zero-order valence-electron chi connectivity index (χ0n) is 7.05. The molecule has 0 bridgehead atoms. The second kappa shape index (κ2) is 1.69. The maximum atomic E-state index is 11.3. The van der Waals surface area contributed by atoms with Crippen molar-refractivity contribution in [2.24, 2.45) is 11.3 Å². The lowest BCUT2D eigenvalue weighted by Crippen LogP contribution is -2.45. The van der Waals surface area contributed by atoms with Crippen molar-refractivity contribution in [3.63, 3.8) is 0 Å². The third-order valence-electron chi connectivity index (χ3n) is 3.65. The minimum atomic E-state index is -1.01. The normalized spacial score (nSPS) is 55.5. The van der Waals surface area contributed by atoms with Crippen molar-refractivity contribution >= 4 is 5.78 Å². The highest BCUT2D eigenvalue weighted by molar-refractivity contribution is 5.90. The van der Waals surface area contributed by atoms with Gasteiger partial charge in [-0.15, -0.1) is 0 Å². The van der Waals surface area contributed by atoms with E-state index in [0.29, 0.717) is 6.42 Å². The van der Waals surface area contributed by atoms with Gasteiger partial charge in [-0.3, -0.25) is 4.79 Å². The molecule has 1 N–H and O–H groups in total. The molecule has 2 aliphatic rings. The molecule has 2 saturated carbocycles. The summed E-state index contributed by atoms with van der Waals surface area (Å²) in [4.78, 5) is 11.3. The molecule has 62 valence electrons. The zero-order valence-corrected chi connectivity index (χ0v) is 7.05. The van der Waals surface area contributed by atoms with E-state index in [-0.39, 0.29) is 17.1 Å². The molecule has 0 saturated heterocycles. The Balaban J connectivity index is 2.34. The van der Waals surface area contributed by atoms with Crippen molar-refractivity contribution in [2.75, 3.05) is 0 Å². The van der Waals surface area contributed by atoms with E-state index in [1.807, 2.05) is 0 Å². The molecule has 0 amide bonds. The molecule has 2 rings (SSSR count). The largest absolute Gasteiger partial charge is 0.382 e. The molecule has 0 radical (unpaired) electrons. The van der Waals surface area contributed by atoms with Crippen LogP contribution in [0, 0.1) is 11.3 Å². The Kier molecular flexibility index (Phi) is 1.12. The molecule has 0 aromatic rings. The molecule has 0 unspecified atom stereocenters. The summed E-state index contributed by atoms with van der Waals surface area (Å²) < 4.78 is 0. The molecule has 0 aromatic heterocycles. The molecule has 2 nitrogen and oxygen atoms in total. The Morgan fingerprint density at radius 3 is 2.36 bits per heavy atom. The molecule has 2 heteroatoms. The molecule has 0 spiro atoms. The Morgan fingerprint density at radius 1 is 1.55 bits per heavy atom. The van der Waals surface area contributed by atoms with E-state index in [4.69, 9.17) is 0 Å². The molecule has 0 aliphatic heterocycles. The fourth-order valence-electron chi connectivity index (χ4n) is 2.69. The van der Waals surface area contributed by atoms with Gasteiger partial charge in [-0.2, -0.15) is 0 Å². The SMILES string of the molecule is C[C@]12CC[C@H]1[C@@](C)(O)C(=O)C2. The Bertz CT molecular complexity index is 220. The monoisotopic (exact) mass is 154 g/mol. The number of aliphatic hydroxyl groups is 1. The van der Waals surface area contributed by atoms with Crippen LogP contribution in [0.2, 0.25) is 0 Å². The van der Waals surface area contributed by atoms with Crippen LogP contribution >= 0.6 is 0 Å². The van der Waals surface area contributed by atoms with Crippen LogP contribution in [0.5, 0.6) is 0 Å². The Morgan fingerprint density at radius 2 is 2.18 bits per heavy atom. The van der Waals surface area contributed by atoms with Crippen molar-refractivity contribution in [3.8, 4) is 0 Å². The van der Waals surface area contributed by atoms with Gasteiger partial charge in [-0.05, 0) is 25.2 Å². The van der Waals surface area contributed by atoms with Crippen LogP contribution in [0.1, 0.15) is 33.1 Å². The summed E-state index contributed by atoms with van der Waals surface area (Å²) >= 11 is 0. The van der Waals surface area contributed by atoms with E-state index >= 15 is 0 Å². The lowest BCUT2D eigenvalue weighted by Gasteiger charge is -2.45. The average Bonchev–Trinajstić information content (AvgIpc) is 1.91.